The topological polar surface area (TPSA) is 68.3 Å². The van der Waals surface area contributed by atoms with Gasteiger partial charge in [-0.1, -0.05) is 12.1 Å². The summed E-state index contributed by atoms with van der Waals surface area (Å²) in [7, 11) is -1.56. The summed E-state index contributed by atoms with van der Waals surface area (Å²) in [4.78, 5) is 4.50. The van der Waals surface area contributed by atoms with E-state index in [0.717, 1.165) is 16.9 Å². The van der Waals surface area contributed by atoms with E-state index >= 15 is 0 Å². The number of aromatic nitrogens is 1. The van der Waals surface area contributed by atoms with Crippen molar-refractivity contribution in [2.45, 2.75) is 18.4 Å². The van der Waals surface area contributed by atoms with Crippen molar-refractivity contribution in [1.29, 1.82) is 0 Å². The third kappa shape index (κ3) is 3.95. The summed E-state index contributed by atoms with van der Waals surface area (Å²) in [6.45, 7) is 2.48. The molecule has 2 aromatic rings. The zero-order valence-electron chi connectivity index (χ0n) is 12.3. The second kappa shape index (κ2) is 6.13. The van der Waals surface area contributed by atoms with Crippen LogP contribution in [-0.2, 0) is 16.4 Å². The van der Waals surface area contributed by atoms with E-state index in [4.69, 9.17) is 4.74 Å². The normalized spacial score (nSPS) is 11.2. The Morgan fingerprint density at radius 3 is 2.48 bits per heavy atom. The zero-order chi connectivity index (χ0) is 15.5. The highest BCUT2D eigenvalue weighted by atomic mass is 32.2. The summed E-state index contributed by atoms with van der Waals surface area (Å²) in [6, 6.07) is 8.72. The molecule has 0 aliphatic carbocycles. The lowest BCUT2D eigenvalue weighted by Crippen LogP contribution is -2.03. The number of hydrogen-bond donors (Lipinski definition) is 1. The van der Waals surface area contributed by atoms with Crippen molar-refractivity contribution in [2.24, 2.45) is 0 Å². The second-order valence-electron chi connectivity index (χ2n) is 4.80. The number of rotatable bonds is 5. The summed E-state index contributed by atoms with van der Waals surface area (Å²) in [5.41, 5.74) is 2.74. The van der Waals surface area contributed by atoms with E-state index in [1.807, 2.05) is 13.0 Å². The van der Waals surface area contributed by atoms with Crippen LogP contribution in [0, 0.1) is 6.92 Å². The molecule has 21 heavy (non-hydrogen) atoms. The maximum atomic E-state index is 11.4. The molecule has 112 valence electrons. The number of ether oxygens (including phenoxy) is 1. The van der Waals surface area contributed by atoms with Gasteiger partial charge < -0.3 is 10.1 Å². The van der Waals surface area contributed by atoms with Crippen LogP contribution in [0.3, 0.4) is 0 Å². The van der Waals surface area contributed by atoms with Gasteiger partial charge in [0, 0.05) is 18.5 Å². The third-order valence-electron chi connectivity index (χ3n) is 3.06. The fourth-order valence-electron chi connectivity index (χ4n) is 1.90. The predicted molar refractivity (Wildman–Crippen MR) is 82.4 cm³/mol. The monoisotopic (exact) mass is 306 g/mol. The number of nitrogens with zero attached hydrogens (tertiary/aromatic N) is 1. The molecule has 0 aliphatic rings. The second-order valence-corrected chi connectivity index (χ2v) is 6.81. The molecular weight excluding hydrogens is 288 g/mol. The van der Waals surface area contributed by atoms with Crippen molar-refractivity contribution < 1.29 is 13.2 Å². The fourth-order valence-corrected chi connectivity index (χ4v) is 2.53. The number of methoxy groups -OCH3 is 1. The van der Waals surface area contributed by atoms with Crippen LogP contribution in [0.1, 0.15) is 11.3 Å². The SMILES string of the molecule is COc1cnc(C)cc1NCc1ccc(S(C)(=O)=O)cc1. The molecule has 0 saturated carbocycles. The van der Waals surface area contributed by atoms with E-state index < -0.39 is 9.84 Å². The Morgan fingerprint density at radius 1 is 1.24 bits per heavy atom. The minimum Gasteiger partial charge on any atom is -0.493 e. The lowest BCUT2D eigenvalue weighted by molar-refractivity contribution is 0.414. The molecule has 1 heterocycles. The molecule has 1 aromatic carbocycles. The summed E-state index contributed by atoms with van der Waals surface area (Å²) in [5.74, 6) is 0.674. The Bertz CT molecular complexity index is 725. The highest BCUT2D eigenvalue weighted by molar-refractivity contribution is 7.90. The van der Waals surface area contributed by atoms with Gasteiger partial charge in [0.05, 0.1) is 23.9 Å². The highest BCUT2D eigenvalue weighted by Crippen LogP contribution is 2.24. The quantitative estimate of drug-likeness (QED) is 0.918. The first-order chi connectivity index (χ1) is 9.90. The van der Waals surface area contributed by atoms with Gasteiger partial charge in [0.15, 0.2) is 15.6 Å². The lowest BCUT2D eigenvalue weighted by atomic mass is 10.2. The summed E-state index contributed by atoms with van der Waals surface area (Å²) >= 11 is 0. The molecular formula is C15H18N2O3S. The van der Waals surface area contributed by atoms with Crippen molar-refractivity contribution in [3.8, 4) is 5.75 Å². The molecule has 1 aromatic heterocycles. The van der Waals surface area contributed by atoms with Crippen LogP contribution < -0.4 is 10.1 Å². The van der Waals surface area contributed by atoms with E-state index in [1.54, 1.807) is 37.6 Å². The first-order valence-electron chi connectivity index (χ1n) is 6.43. The first kappa shape index (κ1) is 15.3. The van der Waals surface area contributed by atoms with Crippen molar-refractivity contribution in [1.82, 2.24) is 4.98 Å². The molecule has 0 spiro atoms. The van der Waals surface area contributed by atoms with Crippen LogP contribution in [0.5, 0.6) is 5.75 Å². The van der Waals surface area contributed by atoms with Gasteiger partial charge in [-0.25, -0.2) is 8.42 Å². The van der Waals surface area contributed by atoms with E-state index in [0.29, 0.717) is 17.2 Å². The first-order valence-corrected chi connectivity index (χ1v) is 8.33. The molecule has 0 saturated heterocycles. The van der Waals surface area contributed by atoms with Crippen molar-refractivity contribution in [3.05, 3.63) is 47.8 Å². The summed E-state index contributed by atoms with van der Waals surface area (Å²) in [6.07, 6.45) is 2.87. The van der Waals surface area contributed by atoms with Crippen LogP contribution >= 0.6 is 0 Å². The highest BCUT2D eigenvalue weighted by Gasteiger charge is 2.07. The Kier molecular flexibility index (Phi) is 4.47. The van der Waals surface area contributed by atoms with Gasteiger partial charge in [-0.2, -0.15) is 0 Å². The van der Waals surface area contributed by atoms with Crippen LogP contribution in [0.4, 0.5) is 5.69 Å². The van der Waals surface area contributed by atoms with Gasteiger partial charge in [0.25, 0.3) is 0 Å². The predicted octanol–water partition coefficient (Wildman–Crippen LogP) is 2.41. The van der Waals surface area contributed by atoms with Crippen LogP contribution in [0.15, 0.2) is 41.4 Å². The van der Waals surface area contributed by atoms with E-state index in [2.05, 4.69) is 10.3 Å². The fraction of sp³-hybridized carbons (Fsp3) is 0.267. The van der Waals surface area contributed by atoms with E-state index in [1.165, 1.54) is 6.26 Å². The molecule has 6 heteroatoms. The molecule has 1 N–H and O–H groups in total. The zero-order valence-corrected chi connectivity index (χ0v) is 13.1. The maximum Gasteiger partial charge on any atom is 0.175 e. The van der Waals surface area contributed by atoms with E-state index in [-0.39, 0.29) is 0 Å². The number of pyridine rings is 1. The van der Waals surface area contributed by atoms with Crippen molar-refractivity contribution in [3.63, 3.8) is 0 Å². The Morgan fingerprint density at radius 2 is 1.90 bits per heavy atom. The molecule has 0 radical (unpaired) electrons. The molecule has 2 rings (SSSR count). The molecule has 0 fully saturated rings. The van der Waals surface area contributed by atoms with Gasteiger partial charge in [-0.05, 0) is 30.7 Å². The van der Waals surface area contributed by atoms with Crippen LogP contribution in [-0.4, -0.2) is 26.8 Å². The smallest absolute Gasteiger partial charge is 0.175 e. The lowest BCUT2D eigenvalue weighted by Gasteiger charge is -2.11. The number of anilines is 1. The number of benzene rings is 1. The number of aryl methyl sites for hydroxylation is 1. The standard InChI is InChI=1S/C15H18N2O3S/c1-11-8-14(15(20-2)10-16-11)17-9-12-4-6-13(7-5-12)21(3,18)19/h4-8,10H,9H2,1-3H3,(H,16,17). The maximum absolute atomic E-state index is 11.4. The van der Waals surface area contributed by atoms with Gasteiger partial charge in [0.2, 0.25) is 0 Å². The van der Waals surface area contributed by atoms with Crippen molar-refractivity contribution >= 4 is 15.5 Å². The average Bonchev–Trinajstić information content (AvgIpc) is 2.45. The van der Waals surface area contributed by atoms with Gasteiger partial charge >= 0.3 is 0 Å². The summed E-state index contributed by atoms with van der Waals surface area (Å²) < 4.78 is 28.1. The average molecular weight is 306 g/mol. The molecule has 0 atom stereocenters. The van der Waals surface area contributed by atoms with Gasteiger partial charge in [-0.3, -0.25) is 4.98 Å². The Hall–Kier alpha value is -2.08. The number of sulfone groups is 1. The van der Waals surface area contributed by atoms with Gasteiger partial charge in [-0.15, -0.1) is 0 Å². The molecule has 0 amide bonds. The summed E-state index contributed by atoms with van der Waals surface area (Å²) in [5, 5.41) is 3.27. The molecule has 0 unspecified atom stereocenters. The molecule has 0 aliphatic heterocycles. The largest absolute Gasteiger partial charge is 0.493 e. The van der Waals surface area contributed by atoms with Crippen molar-refractivity contribution in [2.75, 3.05) is 18.7 Å². The van der Waals surface area contributed by atoms with Gasteiger partial charge in [0.1, 0.15) is 0 Å². The minimum absolute atomic E-state index is 0.323. The molecule has 5 nitrogen and oxygen atoms in total. The van der Waals surface area contributed by atoms with Crippen LogP contribution in [0.25, 0.3) is 0 Å². The van der Waals surface area contributed by atoms with Crippen LogP contribution in [0.2, 0.25) is 0 Å². The van der Waals surface area contributed by atoms with E-state index in [9.17, 15) is 8.42 Å². The number of hydrogen-bond acceptors (Lipinski definition) is 5. The molecule has 0 bridgehead atoms. The number of nitrogens with one attached hydrogen (secondary N) is 1. The minimum atomic E-state index is -3.15. The Balaban J connectivity index is 2.12. The Labute approximate surface area is 124 Å². The third-order valence-corrected chi connectivity index (χ3v) is 4.19.